The molecule has 160 valence electrons. The Labute approximate surface area is 185 Å². The minimum absolute atomic E-state index is 0.0120. The quantitative estimate of drug-likeness (QED) is 0.657. The van der Waals surface area contributed by atoms with Crippen molar-refractivity contribution in [1.29, 1.82) is 0 Å². The zero-order chi connectivity index (χ0) is 21.4. The summed E-state index contributed by atoms with van der Waals surface area (Å²) in [5.74, 6) is 1.68. The van der Waals surface area contributed by atoms with Gasteiger partial charge in [-0.3, -0.25) is 14.7 Å². The highest BCUT2D eigenvalue weighted by Crippen LogP contribution is 2.36. The van der Waals surface area contributed by atoms with Crippen LogP contribution in [-0.2, 0) is 26.1 Å². The van der Waals surface area contributed by atoms with Gasteiger partial charge in [0.25, 0.3) is 5.91 Å². The van der Waals surface area contributed by atoms with E-state index >= 15 is 0 Å². The first-order valence-corrected chi connectivity index (χ1v) is 11.4. The lowest BCUT2D eigenvalue weighted by atomic mass is 9.94. The molecule has 2 aromatic heterocycles. The van der Waals surface area contributed by atoms with Crippen LogP contribution in [-0.4, -0.2) is 29.1 Å². The van der Waals surface area contributed by atoms with Gasteiger partial charge in [-0.25, -0.2) is 0 Å². The third-order valence-corrected chi connectivity index (χ3v) is 7.06. The lowest BCUT2D eigenvalue weighted by molar-refractivity contribution is 0.0954. The number of benzene rings is 1. The SMILES string of the molecule is Cc1ccsc1C(=O)NCc1c(C)ncc2c1CCN(Cc1cccc3c1OCO3)C2. The number of carbonyl (C=O) groups excluding carboxylic acids is 1. The largest absolute Gasteiger partial charge is 0.454 e. The number of ether oxygens (including phenoxy) is 2. The van der Waals surface area contributed by atoms with E-state index in [-0.39, 0.29) is 5.91 Å². The number of hydrogen-bond acceptors (Lipinski definition) is 6. The van der Waals surface area contributed by atoms with Crippen LogP contribution in [0.25, 0.3) is 0 Å². The summed E-state index contributed by atoms with van der Waals surface area (Å²) in [6.07, 6.45) is 2.93. The molecular formula is C24H25N3O3S. The minimum atomic E-state index is -0.0120. The number of hydrogen-bond donors (Lipinski definition) is 1. The number of carbonyl (C=O) groups is 1. The van der Waals surface area contributed by atoms with Crippen LogP contribution in [0.4, 0.5) is 0 Å². The molecule has 2 aliphatic rings. The van der Waals surface area contributed by atoms with E-state index in [9.17, 15) is 4.79 Å². The van der Waals surface area contributed by atoms with E-state index in [2.05, 4.69) is 21.3 Å². The number of pyridine rings is 1. The smallest absolute Gasteiger partial charge is 0.261 e. The van der Waals surface area contributed by atoms with Gasteiger partial charge in [0.1, 0.15) is 0 Å². The Morgan fingerprint density at radius 3 is 3.00 bits per heavy atom. The average Bonchev–Trinajstić information content (AvgIpc) is 3.42. The fraction of sp³-hybridized carbons (Fsp3) is 0.333. The van der Waals surface area contributed by atoms with Gasteiger partial charge in [-0.15, -0.1) is 11.3 Å². The third kappa shape index (κ3) is 3.91. The number of nitrogens with one attached hydrogen (secondary N) is 1. The van der Waals surface area contributed by atoms with Crippen molar-refractivity contribution < 1.29 is 14.3 Å². The molecule has 2 aliphatic heterocycles. The van der Waals surface area contributed by atoms with E-state index in [0.717, 1.165) is 64.8 Å². The summed E-state index contributed by atoms with van der Waals surface area (Å²) in [7, 11) is 0. The summed E-state index contributed by atoms with van der Waals surface area (Å²) in [4.78, 5) is 20.4. The molecule has 0 bridgehead atoms. The lowest BCUT2D eigenvalue weighted by Crippen LogP contribution is -2.32. The maximum Gasteiger partial charge on any atom is 0.261 e. The number of amides is 1. The predicted molar refractivity (Wildman–Crippen MR) is 120 cm³/mol. The van der Waals surface area contributed by atoms with Crippen LogP contribution in [0.15, 0.2) is 35.8 Å². The molecule has 0 saturated carbocycles. The summed E-state index contributed by atoms with van der Waals surface area (Å²) in [6.45, 7) is 7.38. The maximum atomic E-state index is 12.6. The summed E-state index contributed by atoms with van der Waals surface area (Å²) in [5, 5.41) is 5.05. The molecule has 3 aromatic rings. The molecule has 5 rings (SSSR count). The minimum Gasteiger partial charge on any atom is -0.454 e. The molecule has 0 saturated heterocycles. The molecule has 0 unspecified atom stereocenters. The van der Waals surface area contributed by atoms with Crippen molar-refractivity contribution in [2.45, 2.75) is 39.9 Å². The topological polar surface area (TPSA) is 63.7 Å². The Bertz CT molecular complexity index is 1140. The van der Waals surface area contributed by atoms with E-state index in [1.807, 2.05) is 43.6 Å². The van der Waals surface area contributed by atoms with Crippen molar-refractivity contribution in [2.24, 2.45) is 0 Å². The zero-order valence-corrected chi connectivity index (χ0v) is 18.6. The highest BCUT2D eigenvalue weighted by molar-refractivity contribution is 7.12. The van der Waals surface area contributed by atoms with Gasteiger partial charge in [-0.05, 0) is 60.0 Å². The number of aryl methyl sites for hydroxylation is 2. The molecule has 0 fully saturated rings. The Balaban J connectivity index is 1.31. The van der Waals surface area contributed by atoms with E-state index in [4.69, 9.17) is 9.47 Å². The summed E-state index contributed by atoms with van der Waals surface area (Å²) < 4.78 is 11.2. The number of para-hydroxylation sites is 1. The fourth-order valence-corrected chi connectivity index (χ4v) is 5.20. The van der Waals surface area contributed by atoms with Gasteiger partial charge in [-0.2, -0.15) is 0 Å². The summed E-state index contributed by atoms with van der Waals surface area (Å²) in [5.41, 5.74) is 6.86. The third-order valence-electron chi connectivity index (χ3n) is 6.04. The summed E-state index contributed by atoms with van der Waals surface area (Å²) in [6, 6.07) is 8.04. The number of thiophene rings is 1. The van der Waals surface area contributed by atoms with Crippen LogP contribution in [0.3, 0.4) is 0 Å². The fourth-order valence-electron chi connectivity index (χ4n) is 4.36. The Morgan fingerprint density at radius 1 is 1.26 bits per heavy atom. The number of nitrogens with zero attached hydrogens (tertiary/aromatic N) is 2. The summed E-state index contributed by atoms with van der Waals surface area (Å²) >= 11 is 1.48. The molecule has 0 atom stereocenters. The van der Waals surface area contributed by atoms with Crippen LogP contribution in [0.2, 0.25) is 0 Å². The second-order valence-corrected chi connectivity index (χ2v) is 8.97. The van der Waals surface area contributed by atoms with Crippen LogP contribution in [0, 0.1) is 13.8 Å². The van der Waals surface area contributed by atoms with E-state index in [1.54, 1.807) is 0 Å². The van der Waals surface area contributed by atoms with Gasteiger partial charge in [0.05, 0.1) is 4.88 Å². The standard InChI is InChI=1S/C24H25N3O3S/c1-15-7-9-31-23(15)24(28)26-11-20-16(2)25-10-18-13-27(8-6-19(18)20)12-17-4-3-5-21-22(17)30-14-29-21/h3-5,7,9-10H,6,8,11-14H2,1-2H3,(H,26,28). The number of fused-ring (bicyclic) bond motifs is 2. The second kappa shape index (κ2) is 8.32. The maximum absolute atomic E-state index is 12.6. The van der Waals surface area contributed by atoms with Crippen LogP contribution < -0.4 is 14.8 Å². The Morgan fingerprint density at radius 2 is 2.16 bits per heavy atom. The molecule has 6 nitrogen and oxygen atoms in total. The van der Waals surface area contributed by atoms with Crippen molar-refractivity contribution in [3.05, 3.63) is 74.2 Å². The first-order chi connectivity index (χ1) is 15.1. The predicted octanol–water partition coefficient (Wildman–Crippen LogP) is 3.98. The highest BCUT2D eigenvalue weighted by atomic mass is 32.1. The molecule has 7 heteroatoms. The van der Waals surface area contributed by atoms with Crippen LogP contribution in [0.1, 0.15) is 43.2 Å². The molecule has 0 radical (unpaired) electrons. The van der Waals surface area contributed by atoms with Crippen LogP contribution >= 0.6 is 11.3 Å². The Kier molecular flexibility index (Phi) is 5.38. The first-order valence-electron chi connectivity index (χ1n) is 10.5. The van der Waals surface area contributed by atoms with Gasteiger partial charge in [0.2, 0.25) is 6.79 Å². The van der Waals surface area contributed by atoms with Crippen molar-refractivity contribution in [3.8, 4) is 11.5 Å². The van der Waals surface area contributed by atoms with Gasteiger partial charge >= 0.3 is 0 Å². The second-order valence-electron chi connectivity index (χ2n) is 8.05. The number of rotatable bonds is 5. The van der Waals surface area contributed by atoms with E-state index < -0.39 is 0 Å². The molecule has 1 aromatic carbocycles. The van der Waals surface area contributed by atoms with E-state index in [0.29, 0.717) is 13.3 Å². The molecular weight excluding hydrogens is 410 g/mol. The molecule has 4 heterocycles. The van der Waals surface area contributed by atoms with Crippen LogP contribution in [0.5, 0.6) is 11.5 Å². The monoisotopic (exact) mass is 435 g/mol. The average molecular weight is 436 g/mol. The van der Waals surface area contributed by atoms with Gasteiger partial charge in [0.15, 0.2) is 11.5 Å². The van der Waals surface area contributed by atoms with E-state index in [1.165, 1.54) is 22.5 Å². The number of aromatic nitrogens is 1. The first kappa shape index (κ1) is 20.0. The Hall–Kier alpha value is -2.90. The van der Waals surface area contributed by atoms with Gasteiger partial charge in [0, 0.05) is 43.6 Å². The highest BCUT2D eigenvalue weighted by Gasteiger charge is 2.24. The molecule has 1 amide bonds. The lowest BCUT2D eigenvalue weighted by Gasteiger charge is -2.30. The van der Waals surface area contributed by atoms with Crippen molar-refractivity contribution in [2.75, 3.05) is 13.3 Å². The molecule has 0 spiro atoms. The normalized spacial score (nSPS) is 15.0. The van der Waals surface area contributed by atoms with Crippen molar-refractivity contribution >= 4 is 17.2 Å². The van der Waals surface area contributed by atoms with Crippen molar-refractivity contribution in [3.63, 3.8) is 0 Å². The van der Waals surface area contributed by atoms with Gasteiger partial charge in [-0.1, -0.05) is 12.1 Å². The molecule has 0 aliphatic carbocycles. The van der Waals surface area contributed by atoms with Gasteiger partial charge < -0.3 is 14.8 Å². The van der Waals surface area contributed by atoms with Crippen molar-refractivity contribution in [1.82, 2.24) is 15.2 Å². The zero-order valence-electron chi connectivity index (χ0n) is 17.7. The molecule has 31 heavy (non-hydrogen) atoms. The molecule has 1 N–H and O–H groups in total.